The number of hydrogen-bond acceptors (Lipinski definition) is 3. The number of alkyl halides is 1. The molecule has 4 nitrogen and oxygen atoms in total. The van der Waals surface area contributed by atoms with Gasteiger partial charge < -0.3 is 5.11 Å². The molecule has 0 aromatic heterocycles. The first kappa shape index (κ1) is 11.5. The van der Waals surface area contributed by atoms with Gasteiger partial charge in [0.2, 0.25) is 11.8 Å². The smallest absolute Gasteiger partial charge is 0.232 e. The fraction of sp³-hybridized carbons (Fsp3) is 0.778. The van der Waals surface area contributed by atoms with E-state index in [-0.39, 0.29) is 36.1 Å². The lowest BCUT2D eigenvalue weighted by Gasteiger charge is -2.17. The molecule has 0 aromatic carbocycles. The van der Waals surface area contributed by atoms with E-state index in [4.69, 9.17) is 11.6 Å². The van der Waals surface area contributed by atoms with Crippen LogP contribution in [-0.4, -0.2) is 40.3 Å². The fourth-order valence-corrected chi connectivity index (χ4v) is 1.57. The third kappa shape index (κ3) is 1.91. The zero-order valence-corrected chi connectivity index (χ0v) is 8.99. The monoisotopic (exact) mass is 219 g/mol. The van der Waals surface area contributed by atoms with Gasteiger partial charge in [-0.25, -0.2) is 0 Å². The summed E-state index contributed by atoms with van der Waals surface area (Å²) in [7, 11) is 0. The Balaban J connectivity index is 2.70. The fourth-order valence-electron chi connectivity index (χ4n) is 1.47. The summed E-state index contributed by atoms with van der Waals surface area (Å²) in [5, 5.41) is 9.25. The molecule has 3 unspecified atom stereocenters. The number of carbonyl (C=O) groups excluding carboxylic acids is 2. The molecule has 1 N–H and O–H groups in total. The number of halogens is 1. The van der Waals surface area contributed by atoms with Gasteiger partial charge in [-0.1, -0.05) is 13.8 Å². The Labute approximate surface area is 87.8 Å². The van der Waals surface area contributed by atoms with Crippen molar-refractivity contribution in [1.82, 2.24) is 4.90 Å². The summed E-state index contributed by atoms with van der Waals surface area (Å²) in [6.07, 6.45) is -0.831. The highest BCUT2D eigenvalue weighted by Crippen LogP contribution is 2.25. The quantitative estimate of drug-likeness (QED) is 0.546. The third-order valence-corrected chi connectivity index (χ3v) is 2.99. The van der Waals surface area contributed by atoms with E-state index in [2.05, 4.69) is 0 Å². The molecule has 1 aliphatic heterocycles. The molecule has 1 saturated heterocycles. The van der Waals surface area contributed by atoms with E-state index in [1.807, 2.05) is 0 Å². The number of nitrogens with zero attached hydrogens (tertiary/aromatic N) is 1. The van der Waals surface area contributed by atoms with Gasteiger partial charge in [-0.2, -0.15) is 0 Å². The minimum Gasteiger partial charge on any atom is -0.390 e. The predicted octanol–water partition coefficient (Wildman–Crippen LogP) is 0.227. The maximum absolute atomic E-state index is 11.5. The van der Waals surface area contributed by atoms with Crippen molar-refractivity contribution in [3.8, 4) is 0 Å². The average molecular weight is 220 g/mol. The van der Waals surface area contributed by atoms with Crippen molar-refractivity contribution in [2.24, 2.45) is 11.8 Å². The first-order valence-electron chi connectivity index (χ1n) is 4.58. The number of aliphatic hydroxyl groups excluding tert-OH is 1. The summed E-state index contributed by atoms with van der Waals surface area (Å²) in [5.74, 6) is -0.979. The molecule has 80 valence electrons. The van der Waals surface area contributed by atoms with Crippen LogP contribution < -0.4 is 0 Å². The highest BCUT2D eigenvalue weighted by atomic mass is 35.5. The van der Waals surface area contributed by atoms with Gasteiger partial charge in [-0.3, -0.25) is 14.5 Å². The molecule has 1 fully saturated rings. The highest BCUT2D eigenvalue weighted by molar-refractivity contribution is 6.18. The molecule has 0 aromatic rings. The van der Waals surface area contributed by atoms with Crippen LogP contribution in [0, 0.1) is 11.8 Å². The molecule has 0 bridgehead atoms. The molecule has 2 amide bonds. The molecule has 14 heavy (non-hydrogen) atoms. The standard InChI is InChI=1S/C9H14ClNO3/c1-5-6(2)9(14)11(8(5)13)4-7(12)3-10/h5-7,12H,3-4H2,1-2H3. The topological polar surface area (TPSA) is 57.6 Å². The zero-order chi connectivity index (χ0) is 10.9. The van der Waals surface area contributed by atoms with Crippen LogP contribution in [0.4, 0.5) is 0 Å². The third-order valence-electron chi connectivity index (χ3n) is 2.63. The van der Waals surface area contributed by atoms with Gasteiger partial charge >= 0.3 is 0 Å². The van der Waals surface area contributed by atoms with Crippen LogP contribution >= 0.6 is 11.6 Å². The maximum atomic E-state index is 11.5. The Morgan fingerprint density at radius 1 is 1.36 bits per heavy atom. The van der Waals surface area contributed by atoms with E-state index in [0.717, 1.165) is 4.90 Å². The SMILES string of the molecule is CC1C(=O)N(CC(O)CCl)C(=O)C1C. The Morgan fingerprint density at radius 3 is 2.14 bits per heavy atom. The van der Waals surface area contributed by atoms with Gasteiger partial charge in [0.15, 0.2) is 0 Å². The van der Waals surface area contributed by atoms with Crippen LogP contribution in [-0.2, 0) is 9.59 Å². The van der Waals surface area contributed by atoms with Crippen molar-refractivity contribution in [1.29, 1.82) is 0 Å². The van der Waals surface area contributed by atoms with Crippen LogP contribution in [0.25, 0.3) is 0 Å². The molecule has 1 rings (SSSR count). The molecule has 5 heteroatoms. The second kappa shape index (κ2) is 4.28. The zero-order valence-electron chi connectivity index (χ0n) is 8.24. The lowest BCUT2D eigenvalue weighted by Crippen LogP contribution is -2.38. The van der Waals surface area contributed by atoms with Crippen LogP contribution in [0.15, 0.2) is 0 Å². The Hall–Kier alpha value is -0.610. The number of aliphatic hydroxyl groups is 1. The number of hydrogen-bond donors (Lipinski definition) is 1. The molecule has 1 heterocycles. The summed E-state index contributed by atoms with van der Waals surface area (Å²) >= 11 is 5.40. The molecule has 3 atom stereocenters. The van der Waals surface area contributed by atoms with Gasteiger partial charge in [0.1, 0.15) is 0 Å². The minimum atomic E-state index is -0.831. The first-order chi connectivity index (χ1) is 6.49. The molecule has 0 aliphatic carbocycles. The van der Waals surface area contributed by atoms with E-state index in [9.17, 15) is 14.7 Å². The van der Waals surface area contributed by atoms with Crippen molar-refractivity contribution >= 4 is 23.4 Å². The number of β-amino-alcohol motifs (C(OH)–C–C–N with tert-alkyl or cyclic N) is 1. The summed E-state index contributed by atoms with van der Waals surface area (Å²) in [4.78, 5) is 24.2. The van der Waals surface area contributed by atoms with E-state index < -0.39 is 6.10 Å². The lowest BCUT2D eigenvalue weighted by molar-refractivity contribution is -0.141. The van der Waals surface area contributed by atoms with Crippen LogP contribution in [0.2, 0.25) is 0 Å². The van der Waals surface area contributed by atoms with E-state index in [0.29, 0.717) is 0 Å². The second-order valence-corrected chi connectivity index (χ2v) is 3.98. The molecular formula is C9H14ClNO3. The van der Waals surface area contributed by atoms with Gasteiger partial charge in [-0.15, -0.1) is 11.6 Å². The molecule has 0 saturated carbocycles. The van der Waals surface area contributed by atoms with Crippen molar-refractivity contribution in [3.63, 3.8) is 0 Å². The van der Waals surface area contributed by atoms with Gasteiger partial charge in [-0.05, 0) is 0 Å². The number of likely N-dealkylation sites (tertiary alicyclic amines) is 1. The largest absolute Gasteiger partial charge is 0.390 e. The molecule has 0 radical (unpaired) electrons. The van der Waals surface area contributed by atoms with Crippen molar-refractivity contribution in [2.45, 2.75) is 20.0 Å². The van der Waals surface area contributed by atoms with Crippen molar-refractivity contribution in [3.05, 3.63) is 0 Å². The number of carbonyl (C=O) groups is 2. The Kier molecular flexibility index (Phi) is 3.50. The van der Waals surface area contributed by atoms with Gasteiger partial charge in [0.25, 0.3) is 0 Å². The number of amides is 2. The normalized spacial score (nSPS) is 29.9. The van der Waals surface area contributed by atoms with Crippen molar-refractivity contribution < 1.29 is 14.7 Å². The molecule has 1 aliphatic rings. The van der Waals surface area contributed by atoms with E-state index in [1.165, 1.54) is 0 Å². The Bertz CT molecular complexity index is 236. The van der Waals surface area contributed by atoms with E-state index >= 15 is 0 Å². The van der Waals surface area contributed by atoms with Gasteiger partial charge in [0, 0.05) is 11.8 Å². The highest BCUT2D eigenvalue weighted by Gasteiger charge is 2.42. The van der Waals surface area contributed by atoms with Crippen LogP contribution in [0.5, 0.6) is 0 Å². The predicted molar refractivity (Wildman–Crippen MR) is 51.8 cm³/mol. The summed E-state index contributed by atoms with van der Waals surface area (Å²) < 4.78 is 0. The molecular weight excluding hydrogens is 206 g/mol. The Morgan fingerprint density at radius 2 is 1.79 bits per heavy atom. The number of imide groups is 1. The summed E-state index contributed by atoms with van der Waals surface area (Å²) in [5.41, 5.74) is 0. The maximum Gasteiger partial charge on any atom is 0.232 e. The minimum absolute atomic E-state index is 0.00977. The second-order valence-electron chi connectivity index (χ2n) is 3.67. The summed E-state index contributed by atoms with van der Waals surface area (Å²) in [6.45, 7) is 3.45. The molecule has 0 spiro atoms. The summed E-state index contributed by atoms with van der Waals surface area (Å²) in [6, 6.07) is 0. The lowest BCUT2D eigenvalue weighted by atomic mass is 10.00. The van der Waals surface area contributed by atoms with Crippen LogP contribution in [0.1, 0.15) is 13.8 Å². The van der Waals surface area contributed by atoms with Crippen molar-refractivity contribution in [2.75, 3.05) is 12.4 Å². The van der Waals surface area contributed by atoms with Crippen LogP contribution in [0.3, 0.4) is 0 Å². The average Bonchev–Trinajstić information content (AvgIpc) is 2.35. The van der Waals surface area contributed by atoms with E-state index in [1.54, 1.807) is 13.8 Å². The first-order valence-corrected chi connectivity index (χ1v) is 5.11. The number of rotatable bonds is 3. The van der Waals surface area contributed by atoms with Gasteiger partial charge in [0.05, 0.1) is 18.5 Å².